The molecule has 1 aromatic rings. The molecule has 18 heavy (non-hydrogen) atoms. The second-order valence-electron chi connectivity index (χ2n) is 4.81. The second kappa shape index (κ2) is 5.04. The van der Waals surface area contributed by atoms with Gasteiger partial charge in [0.1, 0.15) is 0 Å². The molecule has 5 heteroatoms. The van der Waals surface area contributed by atoms with Crippen molar-refractivity contribution >= 4 is 5.69 Å². The Morgan fingerprint density at radius 2 is 2.22 bits per heavy atom. The number of hydrogen-bond donors (Lipinski definition) is 1. The number of ether oxygens (including phenoxy) is 1. The van der Waals surface area contributed by atoms with E-state index in [2.05, 4.69) is 0 Å². The van der Waals surface area contributed by atoms with Gasteiger partial charge in [0, 0.05) is 18.7 Å². The van der Waals surface area contributed by atoms with Crippen molar-refractivity contribution in [2.45, 2.75) is 38.8 Å². The molecule has 1 aliphatic rings. The van der Waals surface area contributed by atoms with E-state index in [0.717, 1.165) is 36.1 Å². The van der Waals surface area contributed by atoms with Gasteiger partial charge < -0.3 is 10.5 Å². The van der Waals surface area contributed by atoms with Gasteiger partial charge in [0.15, 0.2) is 0 Å². The maximum Gasteiger partial charge on any atom is 0.270 e. The number of benzene rings is 1. The average molecular weight is 250 g/mol. The van der Waals surface area contributed by atoms with Crippen LogP contribution in [0.5, 0.6) is 0 Å². The topological polar surface area (TPSA) is 78.4 Å². The van der Waals surface area contributed by atoms with E-state index in [9.17, 15) is 10.1 Å². The van der Waals surface area contributed by atoms with Crippen molar-refractivity contribution in [3.63, 3.8) is 0 Å². The maximum absolute atomic E-state index is 10.9. The molecule has 1 aliphatic heterocycles. The van der Waals surface area contributed by atoms with E-state index in [4.69, 9.17) is 10.5 Å². The van der Waals surface area contributed by atoms with Gasteiger partial charge in [0.05, 0.1) is 17.1 Å². The molecule has 0 aromatic heterocycles. The highest BCUT2D eigenvalue weighted by Crippen LogP contribution is 2.31. The zero-order valence-electron chi connectivity index (χ0n) is 10.7. The van der Waals surface area contributed by atoms with Crippen LogP contribution in [0.25, 0.3) is 0 Å². The SMILES string of the molecule is Cc1cc([N+](=O)[O-])cc(C(N)C2CCCO2)c1C. The third-order valence-electron chi connectivity index (χ3n) is 3.63. The molecule has 0 saturated carbocycles. The first-order valence-corrected chi connectivity index (χ1v) is 6.13. The Balaban J connectivity index is 2.38. The number of rotatable bonds is 3. The van der Waals surface area contributed by atoms with Crippen LogP contribution in [-0.4, -0.2) is 17.6 Å². The Morgan fingerprint density at radius 1 is 1.50 bits per heavy atom. The molecule has 2 N–H and O–H groups in total. The minimum absolute atomic E-state index is 0.0231. The van der Waals surface area contributed by atoms with E-state index in [1.807, 2.05) is 13.8 Å². The van der Waals surface area contributed by atoms with E-state index in [1.165, 1.54) is 0 Å². The van der Waals surface area contributed by atoms with E-state index >= 15 is 0 Å². The molecule has 98 valence electrons. The van der Waals surface area contributed by atoms with Crippen LogP contribution in [0.15, 0.2) is 12.1 Å². The standard InChI is InChI=1S/C13H18N2O3/c1-8-6-10(15(16)17)7-11(9(8)2)13(14)12-4-3-5-18-12/h6-7,12-13H,3-5,14H2,1-2H3. The third kappa shape index (κ3) is 2.37. The summed E-state index contributed by atoms with van der Waals surface area (Å²) in [7, 11) is 0. The van der Waals surface area contributed by atoms with Crippen LogP contribution in [0.4, 0.5) is 5.69 Å². The normalized spacial score (nSPS) is 20.9. The van der Waals surface area contributed by atoms with Gasteiger partial charge in [-0.25, -0.2) is 0 Å². The highest BCUT2D eigenvalue weighted by atomic mass is 16.6. The third-order valence-corrected chi connectivity index (χ3v) is 3.63. The lowest BCUT2D eigenvalue weighted by molar-refractivity contribution is -0.385. The summed E-state index contributed by atoms with van der Waals surface area (Å²) in [6, 6.07) is 2.88. The molecule has 5 nitrogen and oxygen atoms in total. The summed E-state index contributed by atoms with van der Waals surface area (Å²) < 4.78 is 5.57. The Bertz CT molecular complexity index is 468. The van der Waals surface area contributed by atoms with Crippen LogP contribution in [0.3, 0.4) is 0 Å². The van der Waals surface area contributed by atoms with Gasteiger partial charge in [-0.1, -0.05) is 0 Å². The van der Waals surface area contributed by atoms with Crippen molar-refractivity contribution in [1.29, 1.82) is 0 Å². The molecule has 2 unspecified atom stereocenters. The number of nitrogens with zero attached hydrogens (tertiary/aromatic N) is 1. The molecule has 1 saturated heterocycles. The Kier molecular flexibility index (Phi) is 3.63. The Labute approximate surface area is 106 Å². The van der Waals surface area contributed by atoms with Gasteiger partial charge in [0.25, 0.3) is 5.69 Å². The monoisotopic (exact) mass is 250 g/mol. The number of nitrogens with two attached hydrogens (primary N) is 1. The zero-order valence-corrected chi connectivity index (χ0v) is 10.7. The fourth-order valence-electron chi connectivity index (χ4n) is 2.40. The maximum atomic E-state index is 10.9. The van der Waals surface area contributed by atoms with Crippen LogP contribution in [0, 0.1) is 24.0 Å². The van der Waals surface area contributed by atoms with Crippen molar-refractivity contribution in [1.82, 2.24) is 0 Å². The second-order valence-corrected chi connectivity index (χ2v) is 4.81. The van der Waals surface area contributed by atoms with Crippen molar-refractivity contribution in [2.24, 2.45) is 5.73 Å². The van der Waals surface area contributed by atoms with Gasteiger partial charge in [-0.05, 0) is 43.4 Å². The van der Waals surface area contributed by atoms with Gasteiger partial charge in [-0.2, -0.15) is 0 Å². The molecule has 0 spiro atoms. The van der Waals surface area contributed by atoms with Crippen LogP contribution >= 0.6 is 0 Å². The summed E-state index contributed by atoms with van der Waals surface area (Å²) >= 11 is 0. The molecule has 1 heterocycles. The van der Waals surface area contributed by atoms with Gasteiger partial charge in [0.2, 0.25) is 0 Å². The lowest BCUT2D eigenvalue weighted by Gasteiger charge is -2.21. The van der Waals surface area contributed by atoms with Crippen molar-refractivity contribution < 1.29 is 9.66 Å². The van der Waals surface area contributed by atoms with Gasteiger partial charge in [-0.15, -0.1) is 0 Å². The number of non-ortho nitro benzene ring substituents is 1. The Hall–Kier alpha value is -1.46. The van der Waals surface area contributed by atoms with Crippen LogP contribution < -0.4 is 5.73 Å². The first kappa shape index (κ1) is 13.0. The number of nitro benzene ring substituents is 1. The van der Waals surface area contributed by atoms with E-state index in [0.29, 0.717) is 0 Å². The lowest BCUT2D eigenvalue weighted by atomic mass is 9.93. The van der Waals surface area contributed by atoms with Crippen LogP contribution in [0.2, 0.25) is 0 Å². The highest BCUT2D eigenvalue weighted by molar-refractivity contribution is 5.46. The smallest absolute Gasteiger partial charge is 0.270 e. The Morgan fingerprint density at radius 3 is 2.78 bits per heavy atom. The summed E-state index contributed by atoms with van der Waals surface area (Å²) in [4.78, 5) is 10.5. The minimum atomic E-state index is -0.377. The minimum Gasteiger partial charge on any atom is -0.376 e. The number of aryl methyl sites for hydroxylation is 1. The van der Waals surface area contributed by atoms with Crippen molar-refractivity contribution in [3.05, 3.63) is 38.9 Å². The van der Waals surface area contributed by atoms with Crippen molar-refractivity contribution in [2.75, 3.05) is 6.61 Å². The largest absolute Gasteiger partial charge is 0.376 e. The zero-order chi connectivity index (χ0) is 13.3. The first-order valence-electron chi connectivity index (χ1n) is 6.13. The number of nitro groups is 1. The molecular formula is C13H18N2O3. The predicted molar refractivity (Wildman–Crippen MR) is 68.5 cm³/mol. The van der Waals surface area contributed by atoms with Crippen LogP contribution in [0.1, 0.15) is 35.6 Å². The fourth-order valence-corrected chi connectivity index (χ4v) is 2.40. The molecule has 1 fully saturated rings. The van der Waals surface area contributed by atoms with E-state index in [1.54, 1.807) is 12.1 Å². The van der Waals surface area contributed by atoms with E-state index < -0.39 is 0 Å². The lowest BCUT2D eigenvalue weighted by Crippen LogP contribution is -2.26. The van der Waals surface area contributed by atoms with Gasteiger partial charge >= 0.3 is 0 Å². The summed E-state index contributed by atoms with van der Waals surface area (Å²) in [6.07, 6.45) is 1.90. The molecule has 0 amide bonds. The molecular weight excluding hydrogens is 232 g/mol. The summed E-state index contributed by atoms with van der Waals surface area (Å²) in [6.45, 7) is 4.54. The fraction of sp³-hybridized carbons (Fsp3) is 0.538. The molecule has 0 bridgehead atoms. The summed E-state index contributed by atoms with van der Waals surface area (Å²) in [5, 5.41) is 10.9. The predicted octanol–water partition coefficient (Wildman–Crippen LogP) is 2.39. The van der Waals surface area contributed by atoms with E-state index in [-0.39, 0.29) is 22.8 Å². The molecule has 0 aliphatic carbocycles. The highest BCUT2D eigenvalue weighted by Gasteiger charge is 2.27. The number of hydrogen-bond acceptors (Lipinski definition) is 4. The van der Waals surface area contributed by atoms with Gasteiger partial charge in [-0.3, -0.25) is 10.1 Å². The quantitative estimate of drug-likeness (QED) is 0.660. The first-order chi connectivity index (χ1) is 8.50. The molecule has 0 radical (unpaired) electrons. The molecule has 1 aromatic carbocycles. The molecule has 2 atom stereocenters. The summed E-state index contributed by atoms with van der Waals surface area (Å²) in [5.74, 6) is 0. The van der Waals surface area contributed by atoms with Crippen molar-refractivity contribution in [3.8, 4) is 0 Å². The average Bonchev–Trinajstić information content (AvgIpc) is 2.85. The van der Waals surface area contributed by atoms with Crippen LogP contribution in [-0.2, 0) is 4.74 Å². The summed E-state index contributed by atoms with van der Waals surface area (Å²) in [5.41, 5.74) is 9.03. The molecule has 2 rings (SSSR count).